The van der Waals surface area contributed by atoms with E-state index in [0.717, 1.165) is 5.69 Å². The van der Waals surface area contributed by atoms with E-state index in [1.165, 1.54) is 11.3 Å². The molecule has 18 heavy (non-hydrogen) atoms. The van der Waals surface area contributed by atoms with Gasteiger partial charge in [0.25, 0.3) is 5.91 Å². The van der Waals surface area contributed by atoms with E-state index in [1.54, 1.807) is 41.7 Å². The molecule has 2 aromatic rings. The molecule has 2 rings (SSSR count). The molecule has 1 aromatic heterocycles. The Bertz CT molecular complexity index is 587. The van der Waals surface area contributed by atoms with Crippen LogP contribution in [0.5, 0.6) is 0 Å². The van der Waals surface area contributed by atoms with Gasteiger partial charge in [0, 0.05) is 18.0 Å². The molecule has 1 aromatic carbocycles. The van der Waals surface area contributed by atoms with Crippen LogP contribution >= 0.6 is 11.3 Å². The van der Waals surface area contributed by atoms with E-state index >= 15 is 0 Å². The number of aromatic nitrogens is 1. The summed E-state index contributed by atoms with van der Waals surface area (Å²) >= 11 is 1.50. The van der Waals surface area contributed by atoms with Crippen molar-refractivity contribution in [3.63, 3.8) is 0 Å². The Hall–Kier alpha value is -2.19. The van der Waals surface area contributed by atoms with Crippen molar-refractivity contribution in [1.29, 1.82) is 5.26 Å². The molecule has 90 valence electrons. The normalized spacial score (nSPS) is 9.78. The zero-order valence-corrected chi connectivity index (χ0v) is 10.6. The van der Waals surface area contributed by atoms with Crippen LogP contribution in [-0.4, -0.2) is 22.8 Å². The van der Waals surface area contributed by atoms with Crippen molar-refractivity contribution in [2.24, 2.45) is 0 Å². The Morgan fingerprint density at radius 1 is 1.56 bits per heavy atom. The molecule has 0 saturated heterocycles. The van der Waals surface area contributed by atoms with Gasteiger partial charge in [0.2, 0.25) is 0 Å². The van der Waals surface area contributed by atoms with E-state index in [9.17, 15) is 4.79 Å². The molecule has 0 saturated carbocycles. The number of rotatable bonds is 3. The van der Waals surface area contributed by atoms with Crippen LogP contribution in [0.15, 0.2) is 35.2 Å². The quantitative estimate of drug-likeness (QED) is 0.847. The Kier molecular flexibility index (Phi) is 3.70. The summed E-state index contributed by atoms with van der Waals surface area (Å²) in [5, 5.41) is 10.7. The van der Waals surface area contributed by atoms with Crippen molar-refractivity contribution in [3.8, 4) is 6.07 Å². The summed E-state index contributed by atoms with van der Waals surface area (Å²) in [6.07, 6.45) is 0. The first-order valence-corrected chi connectivity index (χ1v) is 6.27. The molecule has 1 amide bonds. The third kappa shape index (κ3) is 2.73. The predicted octanol–water partition coefficient (Wildman–Crippen LogP) is 2.29. The van der Waals surface area contributed by atoms with Gasteiger partial charge in [0.05, 0.1) is 29.4 Å². The van der Waals surface area contributed by atoms with Crippen LogP contribution in [-0.2, 0) is 6.54 Å². The monoisotopic (exact) mass is 257 g/mol. The molecule has 0 aliphatic rings. The van der Waals surface area contributed by atoms with Crippen LogP contribution in [0.3, 0.4) is 0 Å². The second-order valence-corrected chi connectivity index (χ2v) is 4.55. The van der Waals surface area contributed by atoms with Crippen LogP contribution in [0.25, 0.3) is 0 Å². The summed E-state index contributed by atoms with van der Waals surface area (Å²) in [5.41, 5.74) is 3.62. The van der Waals surface area contributed by atoms with Gasteiger partial charge in [-0.2, -0.15) is 5.26 Å². The highest BCUT2D eigenvalue weighted by Gasteiger charge is 2.13. The average Bonchev–Trinajstić information content (AvgIpc) is 2.90. The van der Waals surface area contributed by atoms with Gasteiger partial charge in [0.1, 0.15) is 0 Å². The van der Waals surface area contributed by atoms with E-state index in [-0.39, 0.29) is 5.91 Å². The Balaban J connectivity index is 2.13. The molecule has 0 aliphatic heterocycles. The van der Waals surface area contributed by atoms with Gasteiger partial charge < -0.3 is 4.90 Å². The summed E-state index contributed by atoms with van der Waals surface area (Å²) in [6.45, 7) is 0.471. The highest BCUT2D eigenvalue weighted by Crippen LogP contribution is 2.10. The zero-order chi connectivity index (χ0) is 13.0. The van der Waals surface area contributed by atoms with E-state index < -0.39 is 0 Å². The fourth-order valence-electron chi connectivity index (χ4n) is 1.57. The Labute approximate surface area is 109 Å². The first kappa shape index (κ1) is 12.3. The average molecular weight is 257 g/mol. The van der Waals surface area contributed by atoms with E-state index in [4.69, 9.17) is 5.26 Å². The molecule has 0 atom stereocenters. The first-order valence-electron chi connectivity index (χ1n) is 5.33. The summed E-state index contributed by atoms with van der Waals surface area (Å²) in [6, 6.07) is 8.72. The van der Waals surface area contributed by atoms with Crippen LogP contribution in [0.1, 0.15) is 21.6 Å². The molecule has 0 bridgehead atoms. The fraction of sp³-hybridized carbons (Fsp3) is 0.154. The number of hydrogen-bond donors (Lipinski definition) is 0. The van der Waals surface area contributed by atoms with E-state index in [2.05, 4.69) is 4.98 Å². The molecule has 0 spiro atoms. The Morgan fingerprint density at radius 3 is 3.06 bits per heavy atom. The summed E-state index contributed by atoms with van der Waals surface area (Å²) in [4.78, 5) is 17.9. The molecule has 4 nitrogen and oxygen atoms in total. The van der Waals surface area contributed by atoms with Crippen LogP contribution in [0.2, 0.25) is 0 Å². The zero-order valence-electron chi connectivity index (χ0n) is 9.83. The number of amides is 1. The Morgan fingerprint density at radius 2 is 2.39 bits per heavy atom. The minimum Gasteiger partial charge on any atom is -0.336 e. The van der Waals surface area contributed by atoms with Crippen molar-refractivity contribution in [2.45, 2.75) is 6.54 Å². The summed E-state index contributed by atoms with van der Waals surface area (Å²) in [7, 11) is 1.72. The third-order valence-electron chi connectivity index (χ3n) is 2.47. The molecule has 0 N–H and O–H groups in total. The molecular formula is C13H11N3OS. The van der Waals surface area contributed by atoms with E-state index in [0.29, 0.717) is 17.7 Å². The topological polar surface area (TPSA) is 57.0 Å². The molecule has 0 aliphatic carbocycles. The van der Waals surface area contributed by atoms with Crippen molar-refractivity contribution >= 4 is 17.2 Å². The number of thiazole rings is 1. The lowest BCUT2D eigenvalue weighted by molar-refractivity contribution is 0.0783. The van der Waals surface area contributed by atoms with Crippen molar-refractivity contribution in [3.05, 3.63) is 52.0 Å². The molecule has 0 unspecified atom stereocenters. The number of hydrogen-bond acceptors (Lipinski definition) is 4. The predicted molar refractivity (Wildman–Crippen MR) is 69.1 cm³/mol. The number of carbonyl (C=O) groups is 1. The third-order valence-corrected chi connectivity index (χ3v) is 3.10. The smallest absolute Gasteiger partial charge is 0.253 e. The lowest BCUT2D eigenvalue weighted by Gasteiger charge is -2.15. The van der Waals surface area contributed by atoms with Crippen LogP contribution < -0.4 is 0 Å². The number of benzene rings is 1. The van der Waals surface area contributed by atoms with Gasteiger partial charge >= 0.3 is 0 Å². The number of carbonyl (C=O) groups excluding carboxylic acids is 1. The molecule has 1 heterocycles. The molecule has 0 fully saturated rings. The van der Waals surface area contributed by atoms with Gasteiger partial charge in [0.15, 0.2) is 0 Å². The van der Waals surface area contributed by atoms with Crippen molar-refractivity contribution < 1.29 is 4.79 Å². The standard InChI is InChI=1S/C13H11N3OS/c1-16(7-12-8-18-9-15-12)13(17)11-4-2-3-10(5-11)6-14/h2-5,8-9H,7H2,1H3. The summed E-state index contributed by atoms with van der Waals surface area (Å²) < 4.78 is 0. The van der Waals surface area contributed by atoms with E-state index in [1.807, 2.05) is 11.4 Å². The number of nitrogens with zero attached hydrogens (tertiary/aromatic N) is 3. The molecular weight excluding hydrogens is 246 g/mol. The second kappa shape index (κ2) is 5.43. The van der Waals surface area contributed by atoms with Crippen molar-refractivity contribution in [1.82, 2.24) is 9.88 Å². The molecule has 5 heteroatoms. The maximum absolute atomic E-state index is 12.1. The van der Waals surface area contributed by atoms with Crippen molar-refractivity contribution in [2.75, 3.05) is 7.05 Å². The minimum absolute atomic E-state index is 0.111. The maximum Gasteiger partial charge on any atom is 0.253 e. The SMILES string of the molecule is CN(Cc1cscn1)C(=O)c1cccc(C#N)c1. The van der Waals surface area contributed by atoms with Crippen LogP contribution in [0.4, 0.5) is 0 Å². The lowest BCUT2D eigenvalue weighted by Crippen LogP contribution is -2.26. The van der Waals surface area contributed by atoms with Gasteiger partial charge in [-0.15, -0.1) is 11.3 Å². The maximum atomic E-state index is 12.1. The minimum atomic E-state index is -0.111. The highest BCUT2D eigenvalue weighted by atomic mass is 32.1. The number of nitriles is 1. The second-order valence-electron chi connectivity index (χ2n) is 3.83. The van der Waals surface area contributed by atoms with Crippen LogP contribution in [0, 0.1) is 11.3 Å². The van der Waals surface area contributed by atoms with Gasteiger partial charge in [-0.3, -0.25) is 4.79 Å². The largest absolute Gasteiger partial charge is 0.336 e. The van der Waals surface area contributed by atoms with Gasteiger partial charge in [-0.1, -0.05) is 6.07 Å². The molecule has 0 radical (unpaired) electrons. The van der Waals surface area contributed by atoms with Gasteiger partial charge in [-0.05, 0) is 18.2 Å². The van der Waals surface area contributed by atoms with Gasteiger partial charge in [-0.25, -0.2) is 4.98 Å². The summed E-state index contributed by atoms with van der Waals surface area (Å²) in [5.74, 6) is -0.111. The first-order chi connectivity index (χ1) is 8.70. The highest BCUT2D eigenvalue weighted by molar-refractivity contribution is 7.07. The fourth-order valence-corrected chi connectivity index (χ4v) is 2.12. The lowest BCUT2D eigenvalue weighted by atomic mass is 10.1.